The largest absolute Gasteiger partial charge is 0.493 e. The van der Waals surface area contributed by atoms with Crippen molar-refractivity contribution in [1.82, 2.24) is 4.90 Å². The molecule has 1 unspecified atom stereocenters. The minimum atomic E-state index is -0.0956. The Hall–Kier alpha value is -1.75. The first-order valence-electron chi connectivity index (χ1n) is 7.14. The van der Waals surface area contributed by atoms with Crippen molar-refractivity contribution in [3.05, 3.63) is 23.8 Å². The molecule has 21 heavy (non-hydrogen) atoms. The molecule has 0 saturated carbocycles. The summed E-state index contributed by atoms with van der Waals surface area (Å²) in [5.74, 6) is 1.32. The molecule has 0 radical (unpaired) electrons. The van der Waals surface area contributed by atoms with E-state index in [2.05, 4.69) is 13.8 Å². The van der Waals surface area contributed by atoms with Gasteiger partial charge in [-0.1, -0.05) is 19.9 Å². The highest BCUT2D eigenvalue weighted by molar-refractivity contribution is 5.97. The van der Waals surface area contributed by atoms with Gasteiger partial charge in [-0.2, -0.15) is 0 Å². The van der Waals surface area contributed by atoms with Crippen molar-refractivity contribution in [1.29, 1.82) is 0 Å². The molecule has 118 valence electrons. The van der Waals surface area contributed by atoms with Gasteiger partial charge in [0.1, 0.15) is 0 Å². The molecule has 5 heteroatoms. The number of nitrogens with two attached hydrogens (primary N) is 1. The van der Waals surface area contributed by atoms with Crippen LogP contribution in [0.15, 0.2) is 18.2 Å². The third-order valence-electron chi connectivity index (χ3n) is 3.63. The summed E-state index contributed by atoms with van der Waals surface area (Å²) in [6.07, 6.45) is 0.770. The van der Waals surface area contributed by atoms with Crippen molar-refractivity contribution in [2.24, 2.45) is 11.7 Å². The van der Waals surface area contributed by atoms with Crippen LogP contribution < -0.4 is 15.2 Å². The van der Waals surface area contributed by atoms with Crippen LogP contribution in [0.1, 0.15) is 30.6 Å². The average molecular weight is 294 g/mol. The second-order valence-electron chi connectivity index (χ2n) is 5.46. The first-order valence-corrected chi connectivity index (χ1v) is 7.14. The summed E-state index contributed by atoms with van der Waals surface area (Å²) in [5.41, 5.74) is 6.52. The third kappa shape index (κ3) is 4.36. The first kappa shape index (κ1) is 17.3. The minimum absolute atomic E-state index is 0.0902. The van der Waals surface area contributed by atoms with E-state index in [0.717, 1.165) is 6.42 Å². The van der Waals surface area contributed by atoms with Crippen molar-refractivity contribution in [3.8, 4) is 11.5 Å². The molecule has 0 saturated heterocycles. The Morgan fingerprint density at radius 2 is 1.95 bits per heavy atom. The molecule has 1 rings (SSSR count). The SMILES string of the molecule is COc1cccc(C(=O)N(C)CCC(N)C(C)C)c1OC. The topological polar surface area (TPSA) is 64.8 Å². The number of benzene rings is 1. The van der Waals surface area contributed by atoms with Gasteiger partial charge in [0.15, 0.2) is 11.5 Å². The Labute approximate surface area is 127 Å². The van der Waals surface area contributed by atoms with Gasteiger partial charge in [0, 0.05) is 19.6 Å². The van der Waals surface area contributed by atoms with E-state index in [0.29, 0.717) is 29.5 Å². The van der Waals surface area contributed by atoms with Crippen LogP contribution in [-0.2, 0) is 0 Å². The first-order chi connectivity index (χ1) is 9.92. The molecule has 1 aromatic rings. The molecule has 0 heterocycles. The summed E-state index contributed by atoms with van der Waals surface area (Å²) in [4.78, 5) is 14.2. The molecule has 0 aromatic heterocycles. The maximum atomic E-state index is 12.5. The van der Waals surface area contributed by atoms with Gasteiger partial charge in [0.25, 0.3) is 5.91 Å². The van der Waals surface area contributed by atoms with Gasteiger partial charge < -0.3 is 20.1 Å². The predicted molar refractivity (Wildman–Crippen MR) is 83.9 cm³/mol. The fourth-order valence-corrected chi connectivity index (χ4v) is 2.04. The average Bonchev–Trinajstić information content (AvgIpc) is 2.50. The lowest BCUT2D eigenvalue weighted by atomic mass is 10.0. The van der Waals surface area contributed by atoms with Gasteiger partial charge in [-0.3, -0.25) is 4.79 Å². The lowest BCUT2D eigenvalue weighted by Crippen LogP contribution is -2.34. The number of hydrogen-bond donors (Lipinski definition) is 1. The molecule has 0 spiro atoms. The maximum absolute atomic E-state index is 12.5. The number of methoxy groups -OCH3 is 2. The molecule has 5 nitrogen and oxygen atoms in total. The summed E-state index contributed by atoms with van der Waals surface area (Å²) in [6.45, 7) is 4.77. The smallest absolute Gasteiger partial charge is 0.257 e. The number of carbonyl (C=O) groups is 1. The Kier molecular flexibility index (Phi) is 6.49. The van der Waals surface area contributed by atoms with Gasteiger partial charge in [-0.05, 0) is 24.5 Å². The van der Waals surface area contributed by atoms with E-state index in [1.165, 1.54) is 7.11 Å². The number of nitrogens with zero attached hydrogens (tertiary/aromatic N) is 1. The normalized spacial score (nSPS) is 12.1. The monoisotopic (exact) mass is 294 g/mol. The molecular weight excluding hydrogens is 268 g/mol. The number of rotatable bonds is 7. The van der Waals surface area contributed by atoms with E-state index in [1.54, 1.807) is 37.3 Å². The van der Waals surface area contributed by atoms with E-state index < -0.39 is 0 Å². The van der Waals surface area contributed by atoms with Crippen LogP contribution in [0.25, 0.3) is 0 Å². The molecule has 0 aliphatic carbocycles. The fraction of sp³-hybridized carbons (Fsp3) is 0.562. The fourth-order valence-electron chi connectivity index (χ4n) is 2.04. The molecule has 0 bridgehead atoms. The molecule has 1 atom stereocenters. The van der Waals surface area contributed by atoms with Crippen molar-refractivity contribution >= 4 is 5.91 Å². The molecular formula is C16H26N2O3. The number of para-hydroxylation sites is 1. The van der Waals surface area contributed by atoms with E-state index in [-0.39, 0.29) is 11.9 Å². The highest BCUT2D eigenvalue weighted by atomic mass is 16.5. The number of ether oxygens (including phenoxy) is 2. The van der Waals surface area contributed by atoms with Crippen LogP contribution in [0.3, 0.4) is 0 Å². The minimum Gasteiger partial charge on any atom is -0.493 e. The Bertz CT molecular complexity index is 475. The summed E-state index contributed by atoms with van der Waals surface area (Å²) >= 11 is 0. The molecule has 1 aromatic carbocycles. The molecule has 0 aliphatic heterocycles. The second kappa shape index (κ2) is 7.88. The zero-order valence-corrected chi connectivity index (χ0v) is 13.6. The van der Waals surface area contributed by atoms with Gasteiger partial charge in [-0.25, -0.2) is 0 Å². The highest BCUT2D eigenvalue weighted by Crippen LogP contribution is 2.31. The number of hydrogen-bond acceptors (Lipinski definition) is 4. The van der Waals surface area contributed by atoms with Gasteiger partial charge in [0.2, 0.25) is 0 Å². The lowest BCUT2D eigenvalue weighted by molar-refractivity contribution is 0.0785. The molecule has 1 amide bonds. The van der Waals surface area contributed by atoms with E-state index in [4.69, 9.17) is 15.2 Å². The van der Waals surface area contributed by atoms with Crippen LogP contribution in [0.2, 0.25) is 0 Å². The van der Waals surface area contributed by atoms with Crippen molar-refractivity contribution in [2.75, 3.05) is 27.8 Å². The summed E-state index contributed by atoms with van der Waals surface area (Å²) in [7, 11) is 4.86. The summed E-state index contributed by atoms with van der Waals surface area (Å²) < 4.78 is 10.5. The van der Waals surface area contributed by atoms with Crippen LogP contribution in [0, 0.1) is 5.92 Å². The van der Waals surface area contributed by atoms with Crippen LogP contribution in [-0.4, -0.2) is 44.7 Å². The van der Waals surface area contributed by atoms with Crippen LogP contribution in [0.4, 0.5) is 0 Å². The Balaban J connectivity index is 2.83. The summed E-state index contributed by atoms with van der Waals surface area (Å²) in [6, 6.07) is 5.38. The zero-order valence-electron chi connectivity index (χ0n) is 13.6. The molecule has 0 aliphatic rings. The third-order valence-corrected chi connectivity index (χ3v) is 3.63. The van der Waals surface area contributed by atoms with Gasteiger partial charge in [-0.15, -0.1) is 0 Å². The standard InChI is InChI=1S/C16H26N2O3/c1-11(2)13(17)9-10-18(3)16(19)12-7-6-8-14(20-4)15(12)21-5/h6-8,11,13H,9-10,17H2,1-5H3. The highest BCUT2D eigenvalue weighted by Gasteiger charge is 2.20. The van der Waals surface area contributed by atoms with Crippen molar-refractivity contribution in [2.45, 2.75) is 26.3 Å². The second-order valence-corrected chi connectivity index (χ2v) is 5.46. The van der Waals surface area contributed by atoms with Crippen molar-refractivity contribution in [3.63, 3.8) is 0 Å². The maximum Gasteiger partial charge on any atom is 0.257 e. The Morgan fingerprint density at radius 1 is 1.29 bits per heavy atom. The van der Waals surface area contributed by atoms with Crippen LogP contribution >= 0.6 is 0 Å². The van der Waals surface area contributed by atoms with Gasteiger partial charge >= 0.3 is 0 Å². The number of carbonyl (C=O) groups excluding carboxylic acids is 1. The Morgan fingerprint density at radius 3 is 2.48 bits per heavy atom. The van der Waals surface area contributed by atoms with E-state index in [1.807, 2.05) is 0 Å². The predicted octanol–water partition coefficient (Wildman–Crippen LogP) is 2.15. The summed E-state index contributed by atoms with van der Waals surface area (Å²) in [5, 5.41) is 0. The van der Waals surface area contributed by atoms with Gasteiger partial charge in [0.05, 0.1) is 19.8 Å². The van der Waals surface area contributed by atoms with Crippen molar-refractivity contribution < 1.29 is 14.3 Å². The zero-order chi connectivity index (χ0) is 16.0. The van der Waals surface area contributed by atoms with Crippen LogP contribution in [0.5, 0.6) is 11.5 Å². The van der Waals surface area contributed by atoms with E-state index >= 15 is 0 Å². The quantitative estimate of drug-likeness (QED) is 0.837. The lowest BCUT2D eigenvalue weighted by Gasteiger charge is -2.22. The van der Waals surface area contributed by atoms with E-state index in [9.17, 15) is 4.79 Å². The number of amides is 1. The molecule has 0 fully saturated rings. The molecule has 2 N–H and O–H groups in total.